The van der Waals surface area contributed by atoms with Gasteiger partial charge in [0.25, 0.3) is 0 Å². The van der Waals surface area contributed by atoms with Crippen LogP contribution in [0.2, 0.25) is 0 Å². The van der Waals surface area contributed by atoms with Crippen LogP contribution in [0.3, 0.4) is 0 Å². The molecule has 1 heterocycles. The highest BCUT2D eigenvalue weighted by Crippen LogP contribution is 2.19. The summed E-state index contributed by atoms with van der Waals surface area (Å²) in [4.78, 5) is 4.35. The number of pyridine rings is 1. The Kier molecular flexibility index (Phi) is 5.10. The molecule has 0 saturated carbocycles. The molecule has 1 rings (SSSR count). The first-order valence-electron chi connectivity index (χ1n) is 6.11. The lowest BCUT2D eigenvalue weighted by atomic mass is 10.3. The highest BCUT2D eigenvalue weighted by Gasteiger charge is 2.24. The van der Waals surface area contributed by atoms with Gasteiger partial charge in [-0.3, -0.25) is 0 Å². The molecule has 0 radical (unpaired) electrons. The first kappa shape index (κ1) is 14.9. The normalized spacial score (nSPS) is 13.6. The van der Waals surface area contributed by atoms with Crippen molar-refractivity contribution in [1.82, 2.24) is 9.29 Å². The average molecular weight is 271 g/mol. The van der Waals surface area contributed by atoms with E-state index in [4.69, 9.17) is 0 Å². The van der Waals surface area contributed by atoms with Crippen molar-refractivity contribution in [3.63, 3.8) is 0 Å². The van der Waals surface area contributed by atoms with E-state index in [2.05, 4.69) is 10.3 Å². The molecular formula is C12H21N3O2S. The van der Waals surface area contributed by atoms with Crippen molar-refractivity contribution < 1.29 is 8.42 Å². The Morgan fingerprint density at radius 3 is 2.67 bits per heavy atom. The van der Waals surface area contributed by atoms with Gasteiger partial charge in [-0.05, 0) is 26.3 Å². The van der Waals surface area contributed by atoms with Crippen LogP contribution in [-0.2, 0) is 10.0 Å². The van der Waals surface area contributed by atoms with E-state index < -0.39 is 10.0 Å². The van der Waals surface area contributed by atoms with Gasteiger partial charge in [0.15, 0.2) is 0 Å². The summed E-state index contributed by atoms with van der Waals surface area (Å²) >= 11 is 0. The van der Waals surface area contributed by atoms with Crippen molar-refractivity contribution in [1.29, 1.82) is 0 Å². The first-order valence-corrected chi connectivity index (χ1v) is 7.55. The second-order valence-corrected chi connectivity index (χ2v) is 6.18. The van der Waals surface area contributed by atoms with Gasteiger partial charge in [0.2, 0.25) is 10.0 Å². The number of anilines is 1. The Hall–Kier alpha value is -1.14. The summed E-state index contributed by atoms with van der Waals surface area (Å²) in [6, 6.07) is 3.07. The number of nitrogens with zero attached hydrogens (tertiary/aromatic N) is 2. The molecule has 0 fully saturated rings. The molecule has 0 aromatic carbocycles. The van der Waals surface area contributed by atoms with Crippen LogP contribution in [0.25, 0.3) is 0 Å². The summed E-state index contributed by atoms with van der Waals surface area (Å²) < 4.78 is 26.1. The molecule has 0 aliphatic carbocycles. The maximum atomic E-state index is 12.4. The van der Waals surface area contributed by atoms with Crippen LogP contribution in [-0.4, -0.2) is 37.3 Å². The van der Waals surface area contributed by atoms with Gasteiger partial charge in [-0.25, -0.2) is 13.4 Å². The van der Waals surface area contributed by atoms with E-state index in [-0.39, 0.29) is 10.9 Å². The number of hydrogen-bond donors (Lipinski definition) is 1. The monoisotopic (exact) mass is 271 g/mol. The van der Waals surface area contributed by atoms with Crippen molar-refractivity contribution in [2.45, 2.75) is 38.1 Å². The van der Waals surface area contributed by atoms with Crippen LogP contribution in [0.5, 0.6) is 0 Å². The van der Waals surface area contributed by atoms with Crippen molar-refractivity contribution in [3.8, 4) is 0 Å². The number of rotatable bonds is 6. The van der Waals surface area contributed by atoms with Crippen LogP contribution in [0, 0.1) is 0 Å². The molecule has 18 heavy (non-hydrogen) atoms. The largest absolute Gasteiger partial charge is 0.370 e. The maximum absolute atomic E-state index is 12.4. The van der Waals surface area contributed by atoms with Crippen LogP contribution >= 0.6 is 0 Å². The third-order valence-electron chi connectivity index (χ3n) is 2.98. The molecule has 0 aliphatic heterocycles. The fraction of sp³-hybridized carbons (Fsp3) is 0.583. The summed E-state index contributed by atoms with van der Waals surface area (Å²) in [5.74, 6) is 0.580. The molecule has 102 valence electrons. The van der Waals surface area contributed by atoms with Gasteiger partial charge in [0.05, 0.1) is 4.90 Å². The third kappa shape index (κ3) is 3.20. The van der Waals surface area contributed by atoms with Gasteiger partial charge in [0, 0.05) is 31.9 Å². The molecule has 1 N–H and O–H groups in total. The quantitative estimate of drug-likeness (QED) is 0.859. The van der Waals surface area contributed by atoms with E-state index in [9.17, 15) is 8.42 Å². The smallest absolute Gasteiger partial charge is 0.243 e. The van der Waals surface area contributed by atoms with Crippen molar-refractivity contribution >= 4 is 15.8 Å². The lowest BCUT2D eigenvalue weighted by molar-refractivity contribution is 0.380. The molecule has 1 unspecified atom stereocenters. The van der Waals surface area contributed by atoms with Gasteiger partial charge in [-0.15, -0.1) is 0 Å². The second-order valence-electron chi connectivity index (χ2n) is 4.19. The van der Waals surface area contributed by atoms with E-state index in [0.717, 1.165) is 6.42 Å². The fourth-order valence-corrected chi connectivity index (χ4v) is 2.96. The molecule has 1 aromatic heterocycles. The highest BCUT2D eigenvalue weighted by molar-refractivity contribution is 7.89. The minimum absolute atomic E-state index is 0.0225. The Balaban J connectivity index is 3.08. The molecule has 6 heteroatoms. The second kappa shape index (κ2) is 6.15. The lowest BCUT2D eigenvalue weighted by Gasteiger charge is -2.23. The van der Waals surface area contributed by atoms with Gasteiger partial charge in [-0.1, -0.05) is 6.92 Å². The van der Waals surface area contributed by atoms with Gasteiger partial charge >= 0.3 is 0 Å². The molecule has 5 nitrogen and oxygen atoms in total. The first-order chi connectivity index (χ1) is 8.43. The summed E-state index contributed by atoms with van der Waals surface area (Å²) in [7, 11) is -1.83. The number of nitrogens with one attached hydrogen (secondary N) is 1. The predicted octanol–water partition coefficient (Wildman–Crippen LogP) is 1.93. The number of aromatic nitrogens is 1. The lowest BCUT2D eigenvalue weighted by Crippen LogP contribution is -2.34. The topological polar surface area (TPSA) is 62.3 Å². The van der Waals surface area contributed by atoms with Crippen LogP contribution < -0.4 is 5.32 Å². The van der Waals surface area contributed by atoms with E-state index in [1.807, 2.05) is 20.8 Å². The number of sulfonamides is 1. The average Bonchev–Trinajstić information content (AvgIpc) is 2.37. The molecule has 0 bridgehead atoms. The SMILES string of the molecule is CCNc1cc(S(=O)(=O)N(C)C(C)CC)ccn1. The van der Waals surface area contributed by atoms with Gasteiger partial charge in [0.1, 0.15) is 5.82 Å². The van der Waals surface area contributed by atoms with Crippen LogP contribution in [0.4, 0.5) is 5.82 Å². The molecule has 0 saturated heterocycles. The highest BCUT2D eigenvalue weighted by atomic mass is 32.2. The molecule has 0 aliphatic rings. The van der Waals surface area contributed by atoms with Gasteiger partial charge in [-0.2, -0.15) is 4.31 Å². The Labute approximate surface area is 109 Å². The van der Waals surface area contributed by atoms with E-state index >= 15 is 0 Å². The predicted molar refractivity (Wildman–Crippen MR) is 73.1 cm³/mol. The third-order valence-corrected chi connectivity index (χ3v) is 4.95. The summed E-state index contributed by atoms with van der Waals surface area (Å²) in [6.45, 7) is 6.50. The molecule has 0 amide bonds. The summed E-state index contributed by atoms with van der Waals surface area (Å²) in [6.07, 6.45) is 2.29. The van der Waals surface area contributed by atoms with Crippen LogP contribution in [0.1, 0.15) is 27.2 Å². The van der Waals surface area contributed by atoms with Crippen molar-refractivity contribution in [2.75, 3.05) is 18.9 Å². The van der Waals surface area contributed by atoms with E-state index in [1.54, 1.807) is 13.1 Å². The molecular weight excluding hydrogens is 250 g/mol. The van der Waals surface area contributed by atoms with E-state index in [1.165, 1.54) is 16.6 Å². The van der Waals surface area contributed by atoms with Gasteiger partial charge < -0.3 is 5.32 Å². The van der Waals surface area contributed by atoms with E-state index in [0.29, 0.717) is 12.4 Å². The maximum Gasteiger partial charge on any atom is 0.243 e. The standard InChI is InChI=1S/C12H21N3O2S/c1-5-10(3)15(4)18(16,17)11-7-8-14-12(9-11)13-6-2/h7-10H,5-6H2,1-4H3,(H,13,14). The Morgan fingerprint density at radius 2 is 2.11 bits per heavy atom. The zero-order chi connectivity index (χ0) is 13.8. The molecule has 0 spiro atoms. The molecule has 1 atom stereocenters. The Morgan fingerprint density at radius 1 is 1.44 bits per heavy atom. The minimum Gasteiger partial charge on any atom is -0.370 e. The number of hydrogen-bond acceptors (Lipinski definition) is 4. The van der Waals surface area contributed by atoms with Crippen molar-refractivity contribution in [3.05, 3.63) is 18.3 Å². The summed E-state index contributed by atoms with van der Waals surface area (Å²) in [5.41, 5.74) is 0. The molecule has 1 aromatic rings. The summed E-state index contributed by atoms with van der Waals surface area (Å²) in [5, 5.41) is 3.01. The zero-order valence-electron chi connectivity index (χ0n) is 11.3. The zero-order valence-corrected chi connectivity index (χ0v) is 12.2. The fourth-order valence-electron chi connectivity index (χ4n) is 1.51. The minimum atomic E-state index is -3.44. The van der Waals surface area contributed by atoms with Crippen LogP contribution in [0.15, 0.2) is 23.2 Å². The van der Waals surface area contributed by atoms with Crippen molar-refractivity contribution in [2.24, 2.45) is 0 Å². The Bertz CT molecular complexity index is 488.